The first-order chi connectivity index (χ1) is 17.6. The largest absolute Gasteiger partial charge is 0.744 e. The molecular formula is C26H38N4O6S2. The Morgan fingerprint density at radius 2 is 0.921 bits per heavy atom. The van der Waals surface area contributed by atoms with E-state index in [1.54, 1.807) is 0 Å². The second-order valence-electron chi connectivity index (χ2n) is 8.30. The highest BCUT2D eigenvalue weighted by atomic mass is 32.2. The molecule has 2 aromatic carbocycles. The number of rotatable bonds is 11. The van der Waals surface area contributed by atoms with E-state index in [2.05, 4.69) is 40.4 Å². The van der Waals surface area contributed by atoms with E-state index in [0.29, 0.717) is 0 Å². The number of hydrogen-bond acceptors (Lipinski definition) is 8. The number of anilines is 2. The Morgan fingerprint density at radius 3 is 1.13 bits per heavy atom. The molecule has 0 aliphatic carbocycles. The zero-order valence-electron chi connectivity index (χ0n) is 21.9. The number of nitrogens with two attached hydrogens (primary N) is 2. The second-order valence-corrected chi connectivity index (χ2v) is 11.0. The van der Waals surface area contributed by atoms with Gasteiger partial charge in [-0.3, -0.25) is 0 Å². The number of nitrogen functional groups attached to an aromatic ring is 2. The lowest BCUT2D eigenvalue weighted by Crippen LogP contribution is -3.08. The SMILES string of the molecule is C=CC[NH+](C)CC=C.C=CC[NH+](C)CC=C.Nc1ccc(-c2ccc(N)cc2S(=O)(=O)[O-])c(S(=O)(=O)[O-])c1. The summed E-state index contributed by atoms with van der Waals surface area (Å²) in [6.07, 6.45) is 7.66. The van der Waals surface area contributed by atoms with Crippen LogP contribution in [0, 0.1) is 0 Å². The smallest absolute Gasteiger partial charge is 0.125 e. The minimum atomic E-state index is -4.93. The van der Waals surface area contributed by atoms with Crippen LogP contribution in [0.2, 0.25) is 0 Å². The molecule has 0 heterocycles. The average Bonchev–Trinajstić information content (AvgIpc) is 2.80. The summed E-state index contributed by atoms with van der Waals surface area (Å²) in [4.78, 5) is 1.41. The van der Waals surface area contributed by atoms with E-state index in [9.17, 15) is 25.9 Å². The molecule has 12 heteroatoms. The fourth-order valence-electron chi connectivity index (χ4n) is 3.09. The Labute approximate surface area is 226 Å². The Bertz CT molecular complexity index is 1190. The van der Waals surface area contributed by atoms with E-state index in [1.165, 1.54) is 21.9 Å². The van der Waals surface area contributed by atoms with Gasteiger partial charge in [0.05, 0.1) is 50.1 Å². The van der Waals surface area contributed by atoms with Crippen LogP contribution < -0.4 is 21.3 Å². The van der Waals surface area contributed by atoms with Gasteiger partial charge in [-0.1, -0.05) is 38.4 Å². The van der Waals surface area contributed by atoms with Crippen LogP contribution in [-0.4, -0.2) is 66.2 Å². The monoisotopic (exact) mass is 566 g/mol. The summed E-state index contributed by atoms with van der Waals surface area (Å²) >= 11 is 0. The topological polar surface area (TPSA) is 175 Å². The third kappa shape index (κ3) is 12.8. The van der Waals surface area contributed by atoms with Gasteiger partial charge in [0, 0.05) is 22.5 Å². The zero-order valence-corrected chi connectivity index (χ0v) is 23.5. The van der Waals surface area contributed by atoms with E-state index >= 15 is 0 Å². The van der Waals surface area contributed by atoms with Gasteiger partial charge in [-0.15, -0.1) is 0 Å². The molecule has 0 fully saturated rings. The summed E-state index contributed by atoms with van der Waals surface area (Å²) < 4.78 is 68.1. The highest BCUT2D eigenvalue weighted by Gasteiger charge is 2.17. The van der Waals surface area contributed by atoms with Gasteiger partial charge in [0.15, 0.2) is 0 Å². The van der Waals surface area contributed by atoms with Crippen molar-refractivity contribution in [1.29, 1.82) is 0 Å². The molecule has 0 saturated heterocycles. The van der Waals surface area contributed by atoms with Crippen LogP contribution in [0.5, 0.6) is 0 Å². The summed E-state index contributed by atoms with van der Waals surface area (Å²) in [5, 5.41) is 0. The molecule has 0 aliphatic heterocycles. The molecule has 2 aromatic rings. The molecule has 0 radical (unpaired) electrons. The van der Waals surface area contributed by atoms with Gasteiger partial charge >= 0.3 is 0 Å². The molecular weight excluding hydrogens is 528 g/mol. The van der Waals surface area contributed by atoms with Gasteiger partial charge in [-0.25, -0.2) is 16.8 Å². The molecule has 2 rings (SSSR count). The van der Waals surface area contributed by atoms with Crippen LogP contribution in [0.1, 0.15) is 0 Å². The van der Waals surface area contributed by atoms with Crippen molar-refractivity contribution in [2.24, 2.45) is 0 Å². The number of hydrogen-bond donors (Lipinski definition) is 4. The van der Waals surface area contributed by atoms with Gasteiger partial charge in [0.1, 0.15) is 20.2 Å². The molecule has 0 saturated carbocycles. The van der Waals surface area contributed by atoms with Gasteiger partial charge in [-0.05, 0) is 48.6 Å². The van der Waals surface area contributed by atoms with E-state index in [1.807, 2.05) is 24.3 Å². The molecule has 0 aromatic heterocycles. The summed E-state index contributed by atoms with van der Waals surface area (Å²) in [6, 6.07) is 6.66. The summed E-state index contributed by atoms with van der Waals surface area (Å²) in [7, 11) is -5.64. The predicted molar refractivity (Wildman–Crippen MR) is 151 cm³/mol. The van der Waals surface area contributed by atoms with E-state index in [0.717, 1.165) is 50.4 Å². The zero-order chi connectivity index (χ0) is 29.5. The molecule has 0 aliphatic rings. The van der Waals surface area contributed by atoms with Crippen LogP contribution in [0.15, 0.2) is 96.8 Å². The molecule has 10 nitrogen and oxygen atoms in total. The van der Waals surface area contributed by atoms with Crippen molar-refractivity contribution in [2.45, 2.75) is 9.79 Å². The van der Waals surface area contributed by atoms with Crippen molar-refractivity contribution in [3.63, 3.8) is 0 Å². The third-order valence-electron chi connectivity index (χ3n) is 4.81. The lowest BCUT2D eigenvalue weighted by atomic mass is 10.0. The number of quaternary nitrogens is 2. The highest BCUT2D eigenvalue weighted by molar-refractivity contribution is 7.86. The van der Waals surface area contributed by atoms with Crippen molar-refractivity contribution < 1.29 is 35.7 Å². The van der Waals surface area contributed by atoms with E-state index in [-0.39, 0.29) is 22.5 Å². The molecule has 6 N–H and O–H groups in total. The first-order valence-electron chi connectivity index (χ1n) is 11.4. The van der Waals surface area contributed by atoms with Crippen LogP contribution in [-0.2, 0) is 20.2 Å². The Hall–Kier alpha value is -3.26. The van der Waals surface area contributed by atoms with Crippen molar-refractivity contribution in [1.82, 2.24) is 0 Å². The standard InChI is InChI=1S/C12H12N2O6S2.2C7H13N/c13-7-1-3-9(11(5-7)21(15,16)17)10-4-2-8(14)6-12(10)22(18,19)20;2*1-4-6-8(3)7-5-2/h1-6H,13-14H2,(H,15,16,17)(H,18,19,20);2*4-5H,1-2,6-7H2,3H3. The highest BCUT2D eigenvalue weighted by Crippen LogP contribution is 2.34. The molecule has 0 unspecified atom stereocenters. The first kappa shape index (κ1) is 34.7. The lowest BCUT2D eigenvalue weighted by Gasteiger charge is -2.18. The van der Waals surface area contributed by atoms with Gasteiger partial charge in [0.2, 0.25) is 0 Å². The maximum absolute atomic E-state index is 11.3. The maximum atomic E-state index is 11.3. The number of likely N-dealkylation sites (N-methyl/N-ethyl adjacent to an activating group) is 2. The fraction of sp³-hybridized carbons (Fsp3) is 0.231. The summed E-state index contributed by atoms with van der Waals surface area (Å²) in [5.41, 5.74) is 10.4. The first-order valence-corrected chi connectivity index (χ1v) is 14.2. The van der Waals surface area contributed by atoms with E-state index in [4.69, 9.17) is 11.5 Å². The quantitative estimate of drug-likeness (QED) is 0.168. The van der Waals surface area contributed by atoms with Crippen molar-refractivity contribution in [3.8, 4) is 11.1 Å². The fourth-order valence-corrected chi connectivity index (χ4v) is 4.54. The van der Waals surface area contributed by atoms with Crippen molar-refractivity contribution >= 4 is 31.6 Å². The third-order valence-corrected chi connectivity index (χ3v) is 6.56. The van der Waals surface area contributed by atoms with E-state index < -0.39 is 30.0 Å². The average molecular weight is 567 g/mol. The molecule has 0 amide bonds. The van der Waals surface area contributed by atoms with Gasteiger partial charge in [-0.2, -0.15) is 0 Å². The molecule has 210 valence electrons. The van der Waals surface area contributed by atoms with Crippen LogP contribution in [0.25, 0.3) is 11.1 Å². The minimum Gasteiger partial charge on any atom is -0.744 e. The molecule has 0 atom stereocenters. The normalized spacial score (nSPS) is 11.0. The van der Waals surface area contributed by atoms with Crippen LogP contribution in [0.4, 0.5) is 11.4 Å². The second kappa shape index (κ2) is 16.6. The van der Waals surface area contributed by atoms with Crippen molar-refractivity contribution in [2.75, 3.05) is 51.7 Å². The maximum Gasteiger partial charge on any atom is 0.125 e. The summed E-state index contributed by atoms with van der Waals surface area (Å²) in [5.74, 6) is 0. The van der Waals surface area contributed by atoms with Gasteiger partial charge < -0.3 is 30.4 Å². The number of nitrogens with one attached hydrogen (secondary N) is 2. The Kier molecular flexibility index (Phi) is 15.1. The Morgan fingerprint density at radius 1 is 0.658 bits per heavy atom. The molecule has 38 heavy (non-hydrogen) atoms. The molecule has 0 spiro atoms. The lowest BCUT2D eigenvalue weighted by molar-refractivity contribution is -0.867. The van der Waals surface area contributed by atoms with Crippen molar-refractivity contribution in [3.05, 3.63) is 87.0 Å². The molecule has 0 bridgehead atoms. The summed E-state index contributed by atoms with van der Waals surface area (Å²) in [6.45, 7) is 18.6. The predicted octanol–water partition coefficient (Wildman–Crippen LogP) is 0.0724. The number of benzene rings is 2. The van der Waals surface area contributed by atoms with Gasteiger partial charge in [0.25, 0.3) is 0 Å². The van der Waals surface area contributed by atoms with Crippen LogP contribution >= 0.6 is 0 Å². The van der Waals surface area contributed by atoms with Crippen LogP contribution in [0.3, 0.4) is 0 Å². The Balaban J connectivity index is 0.000000705. The minimum absolute atomic E-state index is 0.000139.